The number of nitrogens with zero attached hydrogens (tertiary/aromatic N) is 5. The monoisotopic (exact) mass is 504 g/mol. The van der Waals surface area contributed by atoms with E-state index in [1.165, 1.54) is 6.42 Å². The normalized spacial score (nSPS) is 25.2. The van der Waals surface area contributed by atoms with Crippen LogP contribution in [0.5, 0.6) is 0 Å². The van der Waals surface area contributed by atoms with Gasteiger partial charge in [0.1, 0.15) is 0 Å². The number of morpholine rings is 1. The lowest BCUT2D eigenvalue weighted by Gasteiger charge is -2.39. The summed E-state index contributed by atoms with van der Waals surface area (Å²) in [5.74, 6) is 2.26. The largest absolute Gasteiger partial charge is 0.379 e. The quantitative estimate of drug-likeness (QED) is 0.366. The molecule has 0 aliphatic carbocycles. The minimum absolute atomic E-state index is 0. The van der Waals surface area contributed by atoms with Gasteiger partial charge in [0.05, 0.1) is 25.6 Å². The van der Waals surface area contributed by atoms with Crippen molar-refractivity contribution in [1.29, 1.82) is 0 Å². The van der Waals surface area contributed by atoms with E-state index in [4.69, 9.17) is 9.73 Å². The number of piperidine rings is 1. The van der Waals surface area contributed by atoms with Crippen molar-refractivity contribution in [2.45, 2.75) is 33.2 Å². The predicted octanol–water partition coefficient (Wildman–Crippen LogP) is 2.32. The summed E-state index contributed by atoms with van der Waals surface area (Å²) in [4.78, 5) is 14.2. The van der Waals surface area contributed by atoms with Crippen LogP contribution in [0, 0.1) is 11.8 Å². The number of ether oxygens (including phenoxy) is 1. The Bertz CT molecular complexity index is 575. The van der Waals surface area contributed by atoms with Crippen molar-refractivity contribution in [2.24, 2.45) is 16.8 Å². The van der Waals surface area contributed by atoms with Crippen molar-refractivity contribution in [2.75, 3.05) is 59.0 Å². The van der Waals surface area contributed by atoms with E-state index in [0.717, 1.165) is 65.0 Å². The predicted molar refractivity (Wildman–Crippen MR) is 124 cm³/mol. The van der Waals surface area contributed by atoms with Crippen molar-refractivity contribution >= 4 is 29.9 Å². The lowest BCUT2D eigenvalue weighted by Crippen LogP contribution is -2.49. The number of aromatic nitrogens is 2. The summed E-state index contributed by atoms with van der Waals surface area (Å²) in [5, 5.41) is 3.51. The summed E-state index contributed by atoms with van der Waals surface area (Å²) in [5.41, 5.74) is 0. The van der Waals surface area contributed by atoms with Crippen LogP contribution >= 0.6 is 24.0 Å². The van der Waals surface area contributed by atoms with E-state index in [1.54, 1.807) is 0 Å². The van der Waals surface area contributed by atoms with Crippen LogP contribution in [0.3, 0.4) is 0 Å². The van der Waals surface area contributed by atoms with Crippen molar-refractivity contribution in [1.82, 2.24) is 24.7 Å². The van der Waals surface area contributed by atoms with Gasteiger partial charge in [-0.2, -0.15) is 0 Å². The van der Waals surface area contributed by atoms with E-state index in [0.29, 0.717) is 17.9 Å². The summed E-state index contributed by atoms with van der Waals surface area (Å²) >= 11 is 0. The molecule has 28 heavy (non-hydrogen) atoms. The van der Waals surface area contributed by atoms with Gasteiger partial charge in [0.15, 0.2) is 5.96 Å². The molecule has 0 saturated carbocycles. The van der Waals surface area contributed by atoms with E-state index in [2.05, 4.69) is 51.6 Å². The molecule has 2 aliphatic heterocycles. The minimum atomic E-state index is 0. The highest BCUT2D eigenvalue weighted by Gasteiger charge is 2.29. The summed E-state index contributed by atoms with van der Waals surface area (Å²) in [6.07, 6.45) is 7.08. The molecule has 7 nitrogen and oxygen atoms in total. The highest BCUT2D eigenvalue weighted by atomic mass is 127. The van der Waals surface area contributed by atoms with Crippen molar-refractivity contribution < 1.29 is 4.74 Å². The molecule has 0 spiro atoms. The average Bonchev–Trinajstić information content (AvgIpc) is 3.21. The van der Waals surface area contributed by atoms with Gasteiger partial charge in [-0.1, -0.05) is 13.8 Å². The zero-order valence-electron chi connectivity index (χ0n) is 17.6. The van der Waals surface area contributed by atoms with Crippen LogP contribution < -0.4 is 5.32 Å². The van der Waals surface area contributed by atoms with Crippen LogP contribution in [-0.2, 0) is 4.74 Å². The number of hydrogen-bond acceptors (Lipinski definition) is 4. The van der Waals surface area contributed by atoms with Gasteiger partial charge in [0.2, 0.25) is 0 Å². The molecule has 2 aliphatic rings. The first-order valence-corrected chi connectivity index (χ1v) is 10.5. The average molecular weight is 504 g/mol. The maximum atomic E-state index is 5.45. The summed E-state index contributed by atoms with van der Waals surface area (Å²) in [6.45, 7) is 15.5. The molecule has 1 N–H and O–H groups in total. The third kappa shape index (κ3) is 6.59. The van der Waals surface area contributed by atoms with Gasteiger partial charge < -0.3 is 19.5 Å². The van der Waals surface area contributed by atoms with E-state index in [1.807, 2.05) is 12.5 Å². The smallest absolute Gasteiger partial charge is 0.193 e. The summed E-state index contributed by atoms with van der Waals surface area (Å²) in [6, 6.07) is 0.455. The Morgan fingerprint density at radius 1 is 1.32 bits per heavy atom. The second-order valence-corrected chi connectivity index (χ2v) is 8.00. The first-order chi connectivity index (χ1) is 13.2. The Morgan fingerprint density at radius 2 is 2.11 bits per heavy atom. The number of guanidine groups is 1. The van der Waals surface area contributed by atoms with Gasteiger partial charge in [-0.15, -0.1) is 24.0 Å². The lowest BCUT2D eigenvalue weighted by atomic mass is 9.93. The molecule has 3 heterocycles. The third-order valence-electron chi connectivity index (χ3n) is 5.69. The van der Waals surface area contributed by atoms with Gasteiger partial charge in [-0.25, -0.2) is 4.98 Å². The molecule has 8 heteroatoms. The van der Waals surface area contributed by atoms with Crippen molar-refractivity contribution in [3.8, 4) is 0 Å². The van der Waals surface area contributed by atoms with Gasteiger partial charge in [0.25, 0.3) is 0 Å². The first kappa shape index (κ1) is 23.4. The Morgan fingerprint density at radius 3 is 2.79 bits per heavy atom. The molecule has 1 aromatic heterocycles. The van der Waals surface area contributed by atoms with E-state index >= 15 is 0 Å². The van der Waals surface area contributed by atoms with Crippen molar-refractivity contribution in [3.63, 3.8) is 0 Å². The SMILES string of the molecule is CCNC(=NCC(C)CN1CCOCC1)N1CCC(C)C(n2ccnc2)C1.I. The second-order valence-electron chi connectivity index (χ2n) is 8.00. The molecule has 3 unspecified atom stereocenters. The Labute approximate surface area is 186 Å². The molecular weight excluding hydrogens is 467 g/mol. The van der Waals surface area contributed by atoms with E-state index in [-0.39, 0.29) is 24.0 Å². The number of aliphatic imine (C=N–C) groups is 1. The standard InChI is InChI=1S/C20H36N6O.HI/c1-4-22-20(23-13-17(2)14-24-9-11-27-12-10-24)25-7-5-18(3)19(15-25)26-8-6-21-16-26;/h6,8,16-19H,4-5,7,9-15H2,1-3H3,(H,22,23);1H. The first-order valence-electron chi connectivity index (χ1n) is 10.5. The number of hydrogen-bond donors (Lipinski definition) is 1. The van der Waals surface area contributed by atoms with Crippen LogP contribution in [0.15, 0.2) is 23.7 Å². The molecule has 1 aromatic rings. The molecule has 2 saturated heterocycles. The molecular formula is C20H37IN6O. The fourth-order valence-electron chi connectivity index (χ4n) is 4.05. The van der Waals surface area contributed by atoms with Gasteiger partial charge in [0, 0.05) is 58.2 Å². The van der Waals surface area contributed by atoms with Gasteiger partial charge >= 0.3 is 0 Å². The second kappa shape index (κ2) is 12.0. The van der Waals surface area contributed by atoms with Crippen LogP contribution in [0.4, 0.5) is 0 Å². The molecule has 0 aromatic carbocycles. The topological polar surface area (TPSA) is 57.9 Å². The fourth-order valence-corrected chi connectivity index (χ4v) is 4.05. The highest BCUT2D eigenvalue weighted by molar-refractivity contribution is 14.0. The zero-order valence-corrected chi connectivity index (χ0v) is 19.9. The number of imidazole rings is 1. The summed E-state index contributed by atoms with van der Waals surface area (Å²) in [7, 11) is 0. The number of rotatable bonds is 6. The molecule has 160 valence electrons. The van der Waals surface area contributed by atoms with E-state index in [9.17, 15) is 0 Å². The summed E-state index contributed by atoms with van der Waals surface area (Å²) < 4.78 is 7.70. The molecule has 3 rings (SSSR count). The van der Waals surface area contributed by atoms with Crippen LogP contribution in [-0.4, -0.2) is 84.3 Å². The minimum Gasteiger partial charge on any atom is -0.379 e. The third-order valence-corrected chi connectivity index (χ3v) is 5.69. The van der Waals surface area contributed by atoms with Crippen molar-refractivity contribution in [3.05, 3.63) is 18.7 Å². The van der Waals surface area contributed by atoms with Crippen LogP contribution in [0.1, 0.15) is 33.2 Å². The Hall–Kier alpha value is -0.870. The molecule has 2 fully saturated rings. The number of likely N-dealkylation sites (tertiary alicyclic amines) is 1. The Kier molecular flexibility index (Phi) is 10.0. The maximum Gasteiger partial charge on any atom is 0.193 e. The molecule has 0 radical (unpaired) electrons. The number of nitrogens with one attached hydrogen (secondary N) is 1. The van der Waals surface area contributed by atoms with Gasteiger partial charge in [-0.3, -0.25) is 9.89 Å². The Balaban J connectivity index is 0.00000280. The number of halogens is 1. The van der Waals surface area contributed by atoms with Crippen LogP contribution in [0.2, 0.25) is 0 Å². The van der Waals surface area contributed by atoms with E-state index < -0.39 is 0 Å². The molecule has 0 bridgehead atoms. The lowest BCUT2D eigenvalue weighted by molar-refractivity contribution is 0.0323. The van der Waals surface area contributed by atoms with Crippen LogP contribution in [0.25, 0.3) is 0 Å². The van der Waals surface area contributed by atoms with Gasteiger partial charge in [-0.05, 0) is 25.2 Å². The highest BCUT2D eigenvalue weighted by Crippen LogP contribution is 2.27. The molecule has 0 amide bonds. The fraction of sp³-hybridized carbons (Fsp3) is 0.800. The zero-order chi connectivity index (χ0) is 19.1. The molecule has 3 atom stereocenters. The maximum absolute atomic E-state index is 5.45.